The van der Waals surface area contributed by atoms with E-state index in [-0.39, 0.29) is 29.9 Å². The Kier molecular flexibility index (Phi) is 19.0. The van der Waals surface area contributed by atoms with E-state index in [1.54, 1.807) is 28.4 Å². The molecule has 0 saturated heterocycles. The summed E-state index contributed by atoms with van der Waals surface area (Å²) in [4.78, 5) is 0. The monoisotopic (exact) mass is 474 g/mol. The van der Waals surface area contributed by atoms with Gasteiger partial charge in [-0.2, -0.15) is 0 Å². The first kappa shape index (κ1) is 28.3. The summed E-state index contributed by atoms with van der Waals surface area (Å²) in [7, 11) is 12.1. The van der Waals surface area contributed by atoms with Crippen molar-refractivity contribution in [1.82, 2.24) is 0 Å². The average Bonchev–Trinajstić information content (AvgIpc) is 2.71. The van der Waals surface area contributed by atoms with E-state index in [1.165, 1.54) is 37.8 Å². The van der Waals surface area contributed by atoms with Crippen LogP contribution in [-0.2, 0) is 18.9 Å². The van der Waals surface area contributed by atoms with Crippen molar-refractivity contribution in [2.45, 2.75) is 75.3 Å². The zero-order valence-electron chi connectivity index (χ0n) is 18.3. The molecule has 0 saturated carbocycles. The van der Waals surface area contributed by atoms with Crippen LogP contribution in [0.4, 0.5) is 0 Å². The molecular formula is C18H42O4S3Si2. The molecule has 0 heterocycles. The maximum absolute atomic E-state index is 5.76. The standard InChI is InChI=1S/C18H42O4S3Si2/c1-7-9-15-26-17(19-3,20-4)11-13-23-25-24-14-12-18(21-5,22-6)27-16-10-8-2/h7-16,26-27H2,1-6H3. The minimum Gasteiger partial charge on any atom is -0.358 e. The first-order valence-electron chi connectivity index (χ1n) is 10.2. The van der Waals surface area contributed by atoms with E-state index in [9.17, 15) is 0 Å². The predicted octanol–water partition coefficient (Wildman–Crippen LogP) is 4.46. The molecule has 0 aromatic rings. The summed E-state index contributed by atoms with van der Waals surface area (Å²) in [5.74, 6) is 2.12. The SMILES string of the molecule is CCCC[SiH2]C(CCSSSCCC(OC)(OC)[SiH2]CCCC)(OC)OC. The second-order valence-electron chi connectivity index (χ2n) is 6.76. The van der Waals surface area contributed by atoms with E-state index in [2.05, 4.69) is 13.8 Å². The molecule has 0 bridgehead atoms. The van der Waals surface area contributed by atoms with E-state index in [0.717, 1.165) is 24.3 Å². The third-order valence-electron chi connectivity index (χ3n) is 5.04. The Morgan fingerprint density at radius 1 is 0.667 bits per heavy atom. The quantitative estimate of drug-likeness (QED) is 0.112. The maximum Gasteiger partial charge on any atom is 0.145 e. The van der Waals surface area contributed by atoms with Gasteiger partial charge >= 0.3 is 0 Å². The molecule has 27 heavy (non-hydrogen) atoms. The van der Waals surface area contributed by atoms with E-state index in [4.69, 9.17) is 18.9 Å². The van der Waals surface area contributed by atoms with Gasteiger partial charge in [0, 0.05) is 52.8 Å². The summed E-state index contributed by atoms with van der Waals surface area (Å²) in [6, 6.07) is 2.59. The Morgan fingerprint density at radius 3 is 1.33 bits per heavy atom. The highest BCUT2D eigenvalue weighted by Crippen LogP contribution is 2.37. The molecule has 0 aliphatic heterocycles. The molecule has 0 aromatic carbocycles. The van der Waals surface area contributed by atoms with Crippen molar-refractivity contribution in [3.63, 3.8) is 0 Å². The molecule has 0 rings (SSSR count). The van der Waals surface area contributed by atoms with Gasteiger partial charge in [0.15, 0.2) is 0 Å². The fourth-order valence-corrected chi connectivity index (χ4v) is 11.7. The molecule has 0 unspecified atom stereocenters. The van der Waals surface area contributed by atoms with E-state index < -0.39 is 0 Å². The van der Waals surface area contributed by atoms with Gasteiger partial charge in [0.2, 0.25) is 0 Å². The lowest BCUT2D eigenvalue weighted by Gasteiger charge is -2.31. The zero-order valence-corrected chi connectivity index (χ0v) is 23.6. The second-order valence-corrected chi connectivity index (χ2v) is 15.8. The Labute approximate surface area is 184 Å². The smallest absolute Gasteiger partial charge is 0.145 e. The predicted molar refractivity (Wildman–Crippen MR) is 132 cm³/mol. The topological polar surface area (TPSA) is 36.9 Å². The van der Waals surface area contributed by atoms with E-state index >= 15 is 0 Å². The third kappa shape index (κ3) is 12.6. The van der Waals surface area contributed by atoms with Gasteiger partial charge in [-0.05, 0) is 9.83 Å². The molecule has 0 aliphatic rings. The summed E-state index contributed by atoms with van der Waals surface area (Å²) < 4.78 is 23.1. The first-order chi connectivity index (χ1) is 13.1. The Balaban J connectivity index is 4.04. The van der Waals surface area contributed by atoms with Gasteiger partial charge in [-0.25, -0.2) is 0 Å². The third-order valence-corrected chi connectivity index (χ3v) is 14.4. The van der Waals surface area contributed by atoms with Gasteiger partial charge in [0.25, 0.3) is 0 Å². The van der Waals surface area contributed by atoms with Crippen molar-refractivity contribution in [3.05, 3.63) is 0 Å². The summed E-state index contributed by atoms with van der Waals surface area (Å²) in [6.07, 6.45) is 7.06. The lowest BCUT2D eigenvalue weighted by molar-refractivity contribution is -0.145. The minimum absolute atomic E-state index is 0.278. The summed E-state index contributed by atoms with van der Waals surface area (Å²) in [5, 5.41) is 0. The lowest BCUT2D eigenvalue weighted by atomic mass is 10.4. The molecular weight excluding hydrogens is 433 g/mol. The number of rotatable bonds is 20. The Hall–Kier alpha value is 1.32. The zero-order chi connectivity index (χ0) is 20.4. The first-order valence-corrected chi connectivity index (χ1v) is 17.4. The fraction of sp³-hybridized carbons (Fsp3) is 1.00. The molecule has 0 spiro atoms. The van der Waals surface area contributed by atoms with Crippen LogP contribution in [0.15, 0.2) is 0 Å². The van der Waals surface area contributed by atoms with Crippen LogP contribution in [0.2, 0.25) is 12.1 Å². The fourth-order valence-electron chi connectivity index (χ4n) is 3.02. The van der Waals surface area contributed by atoms with Crippen LogP contribution in [0.5, 0.6) is 0 Å². The van der Waals surface area contributed by atoms with Crippen LogP contribution in [-0.4, -0.2) is 69.8 Å². The normalized spacial score (nSPS) is 13.6. The molecule has 0 aliphatic carbocycles. The summed E-state index contributed by atoms with van der Waals surface area (Å²) in [5.41, 5.74) is -0.556. The van der Waals surface area contributed by atoms with Crippen LogP contribution in [0.25, 0.3) is 0 Å². The van der Waals surface area contributed by atoms with E-state index in [0.29, 0.717) is 0 Å². The van der Waals surface area contributed by atoms with Crippen molar-refractivity contribution in [1.29, 1.82) is 0 Å². The molecule has 0 amide bonds. The van der Waals surface area contributed by atoms with E-state index in [1.807, 2.05) is 31.4 Å². The lowest BCUT2D eigenvalue weighted by Crippen LogP contribution is -2.41. The maximum atomic E-state index is 5.76. The molecule has 164 valence electrons. The van der Waals surface area contributed by atoms with Crippen molar-refractivity contribution in [2.24, 2.45) is 0 Å². The van der Waals surface area contributed by atoms with Crippen molar-refractivity contribution in [3.8, 4) is 0 Å². The summed E-state index contributed by atoms with van der Waals surface area (Å²) >= 11 is 0. The number of hydrogen-bond donors (Lipinski definition) is 0. The van der Waals surface area contributed by atoms with Crippen LogP contribution < -0.4 is 0 Å². The van der Waals surface area contributed by atoms with Crippen LogP contribution in [0, 0.1) is 0 Å². The summed E-state index contributed by atoms with van der Waals surface area (Å²) in [6.45, 7) is 4.49. The number of ether oxygens (including phenoxy) is 4. The van der Waals surface area contributed by atoms with Crippen LogP contribution in [0.3, 0.4) is 0 Å². The van der Waals surface area contributed by atoms with Gasteiger partial charge in [0.1, 0.15) is 10.8 Å². The van der Waals surface area contributed by atoms with Crippen molar-refractivity contribution >= 4 is 50.5 Å². The Bertz CT molecular complexity index is 304. The largest absolute Gasteiger partial charge is 0.358 e. The molecule has 0 N–H and O–H groups in total. The van der Waals surface area contributed by atoms with Gasteiger partial charge in [0.05, 0.1) is 19.0 Å². The minimum atomic E-state index is -0.374. The highest BCUT2D eigenvalue weighted by molar-refractivity contribution is 9.09. The van der Waals surface area contributed by atoms with Crippen molar-refractivity contribution < 1.29 is 18.9 Å². The molecule has 0 atom stereocenters. The molecule has 0 aromatic heterocycles. The van der Waals surface area contributed by atoms with Crippen LogP contribution in [0.1, 0.15) is 52.4 Å². The molecule has 0 radical (unpaired) electrons. The van der Waals surface area contributed by atoms with Gasteiger partial charge < -0.3 is 18.9 Å². The van der Waals surface area contributed by atoms with Crippen LogP contribution >= 0.6 is 31.4 Å². The molecule has 9 heteroatoms. The molecule has 0 fully saturated rings. The Morgan fingerprint density at radius 2 is 1.04 bits per heavy atom. The van der Waals surface area contributed by atoms with Gasteiger partial charge in [-0.1, -0.05) is 73.2 Å². The average molecular weight is 475 g/mol. The molecule has 4 nitrogen and oxygen atoms in total. The number of hydrogen-bond acceptors (Lipinski definition) is 7. The number of methoxy groups -OCH3 is 4. The highest BCUT2D eigenvalue weighted by Gasteiger charge is 2.29. The highest BCUT2D eigenvalue weighted by atomic mass is 33.5. The number of unbranched alkanes of at least 4 members (excludes halogenated alkanes) is 2. The van der Waals surface area contributed by atoms with Gasteiger partial charge in [-0.15, -0.1) is 0 Å². The van der Waals surface area contributed by atoms with Crippen molar-refractivity contribution in [2.75, 3.05) is 39.9 Å². The van der Waals surface area contributed by atoms with Gasteiger partial charge in [-0.3, -0.25) is 0 Å². The second kappa shape index (κ2) is 18.1.